The van der Waals surface area contributed by atoms with Crippen molar-refractivity contribution in [2.24, 2.45) is 5.73 Å². The van der Waals surface area contributed by atoms with Gasteiger partial charge in [0.15, 0.2) is 0 Å². The van der Waals surface area contributed by atoms with Gasteiger partial charge in [0.25, 0.3) is 0 Å². The highest BCUT2D eigenvalue weighted by atomic mass is 16.5. The van der Waals surface area contributed by atoms with Crippen LogP contribution in [0.25, 0.3) is 0 Å². The molecule has 0 aliphatic rings. The molecule has 0 bridgehead atoms. The summed E-state index contributed by atoms with van der Waals surface area (Å²) in [6.07, 6.45) is 0.325. The molecule has 13 heavy (non-hydrogen) atoms. The maximum atomic E-state index is 11.3. The zero-order valence-electron chi connectivity index (χ0n) is 8.27. The van der Waals surface area contributed by atoms with Crippen LogP contribution in [0.5, 0.6) is 5.75 Å². The molecule has 1 aromatic carbocycles. The number of esters is 1. The Morgan fingerprint density at radius 1 is 1.62 bits per heavy atom. The zero-order valence-corrected chi connectivity index (χ0v) is 7.27. The first kappa shape index (κ1) is 8.26. The molecule has 0 aliphatic heterocycles. The number of hydrogen-bond acceptors (Lipinski definition) is 3. The molecule has 1 atom stereocenters. The number of rotatable bonds is 3. The van der Waals surface area contributed by atoms with E-state index in [0.717, 1.165) is 0 Å². The van der Waals surface area contributed by atoms with Gasteiger partial charge in [-0.15, -0.1) is 0 Å². The van der Waals surface area contributed by atoms with Gasteiger partial charge in [-0.3, -0.25) is 0 Å². The van der Waals surface area contributed by atoms with Gasteiger partial charge in [0, 0.05) is 1.37 Å². The molecule has 1 aromatic rings. The van der Waals surface area contributed by atoms with Crippen LogP contribution in [0, 0.1) is 0 Å². The fourth-order valence-corrected chi connectivity index (χ4v) is 0.798. The van der Waals surface area contributed by atoms with Crippen LogP contribution in [0.3, 0.4) is 0 Å². The Morgan fingerprint density at radius 2 is 2.31 bits per heavy atom. The zero-order chi connectivity index (χ0) is 10.4. The second kappa shape index (κ2) is 4.62. The highest BCUT2D eigenvalue weighted by Gasteiger charge is 2.12. The number of carbonyl (C=O) groups is 1. The van der Waals surface area contributed by atoms with E-state index >= 15 is 0 Å². The maximum absolute atomic E-state index is 11.3. The fraction of sp³-hybridized carbons (Fsp3) is 0.300. The molecule has 70 valence electrons. The number of benzene rings is 1. The van der Waals surface area contributed by atoms with Gasteiger partial charge in [0.1, 0.15) is 11.8 Å². The van der Waals surface area contributed by atoms with Crippen molar-refractivity contribution in [1.29, 1.82) is 0 Å². The lowest BCUT2D eigenvalue weighted by molar-refractivity contribution is -0.135. The Bertz CT molecular complexity index is 289. The Labute approximate surface area is 78.9 Å². The largest absolute Gasteiger partial charge is 0.425 e. The molecular weight excluding hydrogens is 166 g/mol. The SMILES string of the molecule is [2H]CC[C@H](N)C(=O)Oc1ccccc1. The summed E-state index contributed by atoms with van der Waals surface area (Å²) in [6.45, 7) is 0.130. The van der Waals surface area contributed by atoms with Crippen molar-refractivity contribution >= 4 is 5.97 Å². The smallest absolute Gasteiger partial charge is 0.328 e. The minimum atomic E-state index is -0.701. The standard InChI is InChI=1S/C10H13NO2/c1-2-9(11)10(12)13-8-6-4-3-5-7-8/h3-7,9H,2,11H2,1H3/t9-/m0/s1/i1D. The second-order valence-electron chi connectivity index (χ2n) is 2.63. The van der Waals surface area contributed by atoms with Crippen molar-refractivity contribution < 1.29 is 10.9 Å². The molecule has 3 heteroatoms. The fourth-order valence-electron chi connectivity index (χ4n) is 0.798. The summed E-state index contributed by atoms with van der Waals surface area (Å²) in [5, 5.41) is 0. The van der Waals surface area contributed by atoms with Crippen LogP contribution in [0.15, 0.2) is 30.3 Å². The van der Waals surface area contributed by atoms with Crippen LogP contribution in [-0.4, -0.2) is 12.0 Å². The molecule has 0 aliphatic carbocycles. The van der Waals surface area contributed by atoms with Gasteiger partial charge in [-0.1, -0.05) is 25.1 Å². The molecule has 0 saturated heterocycles. The lowest BCUT2D eigenvalue weighted by atomic mass is 10.2. The van der Waals surface area contributed by atoms with Crippen LogP contribution in [0.1, 0.15) is 14.7 Å². The van der Waals surface area contributed by atoms with E-state index in [9.17, 15) is 4.79 Å². The molecule has 0 spiro atoms. The van der Waals surface area contributed by atoms with Gasteiger partial charge in [-0.05, 0) is 18.6 Å². The predicted octanol–water partition coefficient (Wildman–Crippen LogP) is 1.33. The number of ether oxygens (including phenoxy) is 1. The highest BCUT2D eigenvalue weighted by molar-refractivity contribution is 5.77. The molecule has 0 amide bonds. The minimum absolute atomic E-state index is 0.130. The van der Waals surface area contributed by atoms with E-state index in [1.54, 1.807) is 24.3 Å². The summed E-state index contributed by atoms with van der Waals surface area (Å²) >= 11 is 0. The molecule has 1 rings (SSSR count). The van der Waals surface area contributed by atoms with E-state index in [-0.39, 0.29) is 6.90 Å². The summed E-state index contributed by atoms with van der Waals surface area (Å²) in [7, 11) is 0. The van der Waals surface area contributed by atoms with E-state index in [2.05, 4.69) is 0 Å². The van der Waals surface area contributed by atoms with Crippen molar-refractivity contribution in [3.05, 3.63) is 30.3 Å². The minimum Gasteiger partial charge on any atom is -0.425 e. The summed E-state index contributed by atoms with van der Waals surface area (Å²) in [5.41, 5.74) is 5.48. The Balaban J connectivity index is 2.49. The third-order valence-corrected chi connectivity index (χ3v) is 1.58. The van der Waals surface area contributed by atoms with Gasteiger partial charge >= 0.3 is 5.97 Å². The van der Waals surface area contributed by atoms with Crippen molar-refractivity contribution in [3.8, 4) is 5.75 Å². The summed E-state index contributed by atoms with van der Waals surface area (Å²) in [6, 6.07) is 8.06. The van der Waals surface area contributed by atoms with Crippen LogP contribution in [0.2, 0.25) is 0 Å². The predicted molar refractivity (Wildman–Crippen MR) is 50.3 cm³/mol. The van der Waals surface area contributed by atoms with Crippen LogP contribution < -0.4 is 10.5 Å². The van der Waals surface area contributed by atoms with Crippen molar-refractivity contribution in [2.75, 3.05) is 0 Å². The van der Waals surface area contributed by atoms with Gasteiger partial charge in [-0.2, -0.15) is 0 Å². The summed E-state index contributed by atoms with van der Waals surface area (Å²) in [4.78, 5) is 11.3. The Kier molecular flexibility index (Phi) is 2.94. The first-order chi connectivity index (χ1) is 6.74. The molecule has 0 aromatic heterocycles. The van der Waals surface area contributed by atoms with E-state index < -0.39 is 12.0 Å². The molecule has 0 heterocycles. The molecule has 0 radical (unpaired) electrons. The number of nitrogens with two attached hydrogens (primary N) is 1. The van der Waals surface area contributed by atoms with Gasteiger partial charge in [0.05, 0.1) is 0 Å². The number of para-hydroxylation sites is 1. The average molecular weight is 180 g/mol. The van der Waals surface area contributed by atoms with Crippen molar-refractivity contribution in [2.45, 2.75) is 19.4 Å². The quantitative estimate of drug-likeness (QED) is 0.564. The van der Waals surface area contributed by atoms with Gasteiger partial charge in [0.2, 0.25) is 0 Å². The maximum Gasteiger partial charge on any atom is 0.328 e. The van der Waals surface area contributed by atoms with E-state index in [1.165, 1.54) is 0 Å². The van der Waals surface area contributed by atoms with E-state index in [1.807, 2.05) is 6.07 Å². The molecule has 0 unspecified atom stereocenters. The third-order valence-electron chi connectivity index (χ3n) is 1.58. The lowest BCUT2D eigenvalue weighted by Gasteiger charge is -2.08. The van der Waals surface area contributed by atoms with Crippen molar-refractivity contribution in [3.63, 3.8) is 0 Å². The summed E-state index contributed by atoms with van der Waals surface area (Å²) in [5.74, 6) is 0.00128. The van der Waals surface area contributed by atoms with Gasteiger partial charge < -0.3 is 10.5 Å². The normalized spacial score (nSPS) is 13.2. The first-order valence-corrected chi connectivity index (χ1v) is 4.05. The molecule has 0 saturated carbocycles. The monoisotopic (exact) mass is 180 g/mol. The first-order valence-electron chi connectivity index (χ1n) is 4.76. The van der Waals surface area contributed by atoms with Crippen LogP contribution in [0.4, 0.5) is 0 Å². The molecule has 0 fully saturated rings. The third kappa shape index (κ3) is 2.87. The average Bonchev–Trinajstić information content (AvgIpc) is 2.19. The molecule has 2 N–H and O–H groups in total. The van der Waals surface area contributed by atoms with Gasteiger partial charge in [-0.25, -0.2) is 4.79 Å². The van der Waals surface area contributed by atoms with Crippen LogP contribution in [-0.2, 0) is 4.79 Å². The molecule has 3 nitrogen and oxygen atoms in total. The summed E-state index contributed by atoms with van der Waals surface area (Å²) < 4.78 is 11.9. The topological polar surface area (TPSA) is 52.3 Å². The molecular formula is C10H13NO2. The van der Waals surface area contributed by atoms with Crippen LogP contribution >= 0.6 is 0 Å². The Morgan fingerprint density at radius 3 is 2.92 bits per heavy atom. The Hall–Kier alpha value is -1.35. The number of hydrogen-bond donors (Lipinski definition) is 1. The lowest BCUT2D eigenvalue weighted by Crippen LogP contribution is -2.33. The van der Waals surface area contributed by atoms with E-state index in [4.69, 9.17) is 11.8 Å². The van der Waals surface area contributed by atoms with Crippen molar-refractivity contribution in [1.82, 2.24) is 0 Å². The highest BCUT2D eigenvalue weighted by Crippen LogP contribution is 2.09. The second-order valence-corrected chi connectivity index (χ2v) is 2.63. The number of carbonyl (C=O) groups excluding carboxylic acids is 1. The van der Waals surface area contributed by atoms with E-state index in [0.29, 0.717) is 12.2 Å².